The van der Waals surface area contributed by atoms with Gasteiger partial charge in [0.15, 0.2) is 5.76 Å². The van der Waals surface area contributed by atoms with Gasteiger partial charge in [-0.15, -0.1) is 0 Å². The number of hydrogen-bond acceptors (Lipinski definition) is 4. The van der Waals surface area contributed by atoms with Crippen molar-refractivity contribution in [2.75, 3.05) is 7.11 Å². The Bertz CT molecular complexity index is 229. The lowest BCUT2D eigenvalue weighted by molar-refractivity contribution is 0.300. The normalized spacial score (nSPS) is 10.5. The van der Waals surface area contributed by atoms with Crippen LogP contribution in [0.1, 0.15) is 5.76 Å². The molecule has 0 spiro atoms. The molecule has 0 amide bonds. The third-order valence-electron chi connectivity index (χ3n) is 0.988. The van der Waals surface area contributed by atoms with Gasteiger partial charge >= 0.3 is 0 Å². The van der Waals surface area contributed by atoms with Gasteiger partial charge in [0, 0.05) is 6.07 Å². The van der Waals surface area contributed by atoms with Gasteiger partial charge in [0.05, 0.1) is 7.11 Å². The van der Waals surface area contributed by atoms with Crippen molar-refractivity contribution in [1.29, 1.82) is 0 Å². The van der Waals surface area contributed by atoms with Gasteiger partial charge in [-0.25, -0.2) is 0 Å². The molecule has 1 N–H and O–H groups in total. The first kappa shape index (κ1) is 6.67. The molecule has 0 atom stereocenters. The second-order valence-corrected chi connectivity index (χ2v) is 1.61. The zero-order valence-electron chi connectivity index (χ0n) is 5.44. The number of methoxy groups -OCH3 is 1. The van der Waals surface area contributed by atoms with Crippen molar-refractivity contribution >= 4 is 6.21 Å². The highest BCUT2D eigenvalue weighted by Crippen LogP contribution is 2.12. The van der Waals surface area contributed by atoms with Crippen LogP contribution in [0.2, 0.25) is 0 Å². The first-order valence-electron chi connectivity index (χ1n) is 2.68. The summed E-state index contributed by atoms with van der Waals surface area (Å²) < 4.78 is 9.67. The zero-order valence-corrected chi connectivity index (χ0v) is 5.44. The van der Waals surface area contributed by atoms with E-state index in [1.165, 1.54) is 13.3 Å². The van der Waals surface area contributed by atoms with Gasteiger partial charge in [0.2, 0.25) is 0 Å². The zero-order chi connectivity index (χ0) is 7.40. The average molecular weight is 141 g/mol. The van der Waals surface area contributed by atoms with E-state index < -0.39 is 0 Å². The molecule has 10 heavy (non-hydrogen) atoms. The topological polar surface area (TPSA) is 55.0 Å². The SMILES string of the molecule is COc1ccc(C=NO)o1. The number of furan rings is 1. The summed E-state index contributed by atoms with van der Waals surface area (Å²) in [6, 6.07) is 3.27. The number of oxime groups is 1. The van der Waals surface area contributed by atoms with Crippen LogP contribution in [-0.2, 0) is 0 Å². The van der Waals surface area contributed by atoms with Crippen LogP contribution in [0.4, 0.5) is 0 Å². The van der Waals surface area contributed by atoms with Gasteiger partial charge in [-0.3, -0.25) is 0 Å². The summed E-state index contributed by atoms with van der Waals surface area (Å²) in [7, 11) is 1.50. The number of rotatable bonds is 2. The molecule has 1 aromatic heterocycles. The lowest BCUT2D eigenvalue weighted by Crippen LogP contribution is -1.77. The molecule has 0 aliphatic carbocycles. The van der Waals surface area contributed by atoms with Gasteiger partial charge in [-0.2, -0.15) is 0 Å². The fourth-order valence-electron chi connectivity index (χ4n) is 0.570. The lowest BCUT2D eigenvalue weighted by atomic mass is 10.5. The maximum Gasteiger partial charge on any atom is 0.284 e. The largest absolute Gasteiger partial charge is 0.468 e. The molecule has 0 aromatic carbocycles. The lowest BCUT2D eigenvalue weighted by Gasteiger charge is -1.88. The second-order valence-electron chi connectivity index (χ2n) is 1.61. The van der Waals surface area contributed by atoms with Crippen LogP contribution in [0, 0.1) is 0 Å². The predicted molar refractivity (Wildman–Crippen MR) is 34.6 cm³/mol. The minimum absolute atomic E-state index is 0.398. The smallest absolute Gasteiger partial charge is 0.284 e. The molecule has 1 rings (SSSR count). The van der Waals surface area contributed by atoms with Crippen molar-refractivity contribution in [3.05, 3.63) is 17.9 Å². The summed E-state index contributed by atoms with van der Waals surface area (Å²) in [5, 5.41) is 10.8. The summed E-state index contributed by atoms with van der Waals surface area (Å²) in [5.41, 5.74) is 0. The Labute approximate surface area is 57.7 Å². The quantitative estimate of drug-likeness (QED) is 0.381. The maximum absolute atomic E-state index is 8.07. The first-order chi connectivity index (χ1) is 4.86. The van der Waals surface area contributed by atoms with Crippen molar-refractivity contribution in [3.8, 4) is 5.95 Å². The van der Waals surface area contributed by atoms with E-state index in [0.29, 0.717) is 11.7 Å². The standard InChI is InChI=1S/C6H7NO3/c1-9-6-3-2-5(10-6)4-7-8/h2-4,8H,1H3. The number of ether oxygens (including phenoxy) is 1. The molecule has 0 saturated carbocycles. The Kier molecular flexibility index (Phi) is 1.94. The molecule has 54 valence electrons. The Hall–Kier alpha value is -1.45. The molecule has 0 radical (unpaired) electrons. The van der Waals surface area contributed by atoms with E-state index in [-0.39, 0.29) is 0 Å². The summed E-state index contributed by atoms with van der Waals surface area (Å²) >= 11 is 0. The third-order valence-corrected chi connectivity index (χ3v) is 0.988. The first-order valence-corrected chi connectivity index (χ1v) is 2.68. The Morgan fingerprint density at radius 3 is 3.00 bits per heavy atom. The molecular formula is C6H7NO3. The van der Waals surface area contributed by atoms with Crippen LogP contribution in [-0.4, -0.2) is 18.5 Å². The summed E-state index contributed by atoms with van der Waals surface area (Å²) in [4.78, 5) is 0. The summed E-state index contributed by atoms with van der Waals surface area (Å²) in [5.74, 6) is 0.856. The fourth-order valence-corrected chi connectivity index (χ4v) is 0.570. The highest BCUT2D eigenvalue weighted by Gasteiger charge is 1.96. The molecule has 0 aliphatic heterocycles. The van der Waals surface area contributed by atoms with E-state index in [9.17, 15) is 0 Å². The molecule has 4 nitrogen and oxygen atoms in total. The van der Waals surface area contributed by atoms with Gasteiger partial charge < -0.3 is 14.4 Å². The highest BCUT2D eigenvalue weighted by molar-refractivity contribution is 5.75. The van der Waals surface area contributed by atoms with Gasteiger partial charge in [-0.1, -0.05) is 5.16 Å². The van der Waals surface area contributed by atoms with Crippen LogP contribution in [0.15, 0.2) is 21.7 Å². The monoisotopic (exact) mass is 141 g/mol. The molecular weight excluding hydrogens is 134 g/mol. The van der Waals surface area contributed by atoms with E-state index in [1.54, 1.807) is 12.1 Å². The average Bonchev–Trinajstić information content (AvgIpc) is 2.37. The van der Waals surface area contributed by atoms with E-state index in [1.807, 2.05) is 0 Å². The third kappa shape index (κ3) is 1.28. The van der Waals surface area contributed by atoms with Crippen molar-refractivity contribution in [2.45, 2.75) is 0 Å². The molecule has 0 unspecified atom stereocenters. The predicted octanol–water partition coefficient (Wildman–Crippen LogP) is 1.10. The van der Waals surface area contributed by atoms with Gasteiger partial charge in [0.25, 0.3) is 5.95 Å². The molecule has 0 bridgehead atoms. The number of hydrogen-bond donors (Lipinski definition) is 1. The van der Waals surface area contributed by atoms with E-state index >= 15 is 0 Å². The van der Waals surface area contributed by atoms with Crippen LogP contribution >= 0.6 is 0 Å². The molecule has 1 aromatic rings. The van der Waals surface area contributed by atoms with Gasteiger partial charge in [0.1, 0.15) is 6.21 Å². The van der Waals surface area contributed by atoms with Crippen LogP contribution < -0.4 is 4.74 Å². The Morgan fingerprint density at radius 1 is 1.70 bits per heavy atom. The van der Waals surface area contributed by atoms with E-state index in [4.69, 9.17) is 14.4 Å². The fraction of sp³-hybridized carbons (Fsp3) is 0.167. The van der Waals surface area contributed by atoms with Gasteiger partial charge in [-0.05, 0) is 6.07 Å². The second kappa shape index (κ2) is 2.91. The minimum atomic E-state index is 0.398. The highest BCUT2D eigenvalue weighted by atomic mass is 16.6. The summed E-state index contributed by atoms with van der Waals surface area (Å²) in [6.07, 6.45) is 1.18. The van der Waals surface area contributed by atoms with Crippen molar-refractivity contribution in [2.24, 2.45) is 5.16 Å². The summed E-state index contributed by atoms with van der Waals surface area (Å²) in [6.45, 7) is 0. The van der Waals surface area contributed by atoms with E-state index in [0.717, 1.165) is 0 Å². The molecule has 1 heterocycles. The van der Waals surface area contributed by atoms with Crippen molar-refractivity contribution < 1.29 is 14.4 Å². The number of nitrogens with zero attached hydrogens (tertiary/aromatic N) is 1. The maximum atomic E-state index is 8.07. The van der Waals surface area contributed by atoms with E-state index in [2.05, 4.69) is 5.16 Å². The molecule has 0 saturated heterocycles. The molecule has 0 aliphatic rings. The Morgan fingerprint density at radius 2 is 2.50 bits per heavy atom. The van der Waals surface area contributed by atoms with Crippen LogP contribution in [0.25, 0.3) is 0 Å². The van der Waals surface area contributed by atoms with Crippen LogP contribution in [0.3, 0.4) is 0 Å². The van der Waals surface area contributed by atoms with Crippen molar-refractivity contribution in [3.63, 3.8) is 0 Å². The molecule has 4 heteroatoms. The van der Waals surface area contributed by atoms with Crippen LogP contribution in [0.5, 0.6) is 5.95 Å². The Balaban J connectivity index is 2.78. The minimum Gasteiger partial charge on any atom is -0.468 e. The van der Waals surface area contributed by atoms with Crippen molar-refractivity contribution in [1.82, 2.24) is 0 Å². The molecule has 0 fully saturated rings.